The van der Waals surface area contributed by atoms with Crippen LogP contribution in [-0.4, -0.2) is 56.1 Å². The van der Waals surface area contributed by atoms with Crippen LogP contribution < -0.4 is 20.9 Å². The van der Waals surface area contributed by atoms with Crippen molar-refractivity contribution in [2.45, 2.75) is 39.0 Å². The summed E-state index contributed by atoms with van der Waals surface area (Å²) in [5, 5.41) is 3.85. The first-order valence-corrected chi connectivity index (χ1v) is 12.5. The van der Waals surface area contributed by atoms with Gasteiger partial charge in [-0.25, -0.2) is 0 Å². The number of likely N-dealkylation sites (tertiary alicyclic amines) is 1. The summed E-state index contributed by atoms with van der Waals surface area (Å²) in [6, 6.07) is 14.6. The molecule has 0 aliphatic carbocycles. The molecule has 0 atom stereocenters. The van der Waals surface area contributed by atoms with Crippen molar-refractivity contribution in [1.29, 1.82) is 0 Å². The van der Waals surface area contributed by atoms with Gasteiger partial charge in [-0.2, -0.15) is 0 Å². The molecule has 1 aliphatic rings. The Hall–Kier alpha value is -3.26. The SMILES string of the molecule is CCON=C(N)c1ccc(OCCCC2CCN(CCCOc3ccc(C(N)=O)cc3)CC2)cc1. The van der Waals surface area contributed by atoms with Crippen molar-refractivity contribution in [3.63, 3.8) is 0 Å². The number of hydrogen-bond donors (Lipinski definition) is 2. The average molecular weight is 483 g/mol. The monoisotopic (exact) mass is 482 g/mol. The molecular formula is C27H38N4O4. The van der Waals surface area contributed by atoms with E-state index >= 15 is 0 Å². The van der Waals surface area contributed by atoms with E-state index in [4.69, 9.17) is 25.8 Å². The van der Waals surface area contributed by atoms with Crippen LogP contribution in [0.1, 0.15) is 54.9 Å². The highest BCUT2D eigenvalue weighted by Gasteiger charge is 2.18. The number of amides is 1. The minimum atomic E-state index is -0.423. The van der Waals surface area contributed by atoms with E-state index in [-0.39, 0.29) is 0 Å². The highest BCUT2D eigenvalue weighted by molar-refractivity contribution is 5.97. The Kier molecular flexibility index (Phi) is 10.7. The number of hydrogen-bond acceptors (Lipinski definition) is 6. The van der Waals surface area contributed by atoms with Crippen LogP contribution in [0.2, 0.25) is 0 Å². The number of rotatable bonds is 14. The molecule has 2 aromatic rings. The van der Waals surface area contributed by atoms with Gasteiger partial charge in [0.05, 0.1) is 13.2 Å². The lowest BCUT2D eigenvalue weighted by molar-refractivity contribution is 0.1000. The van der Waals surface area contributed by atoms with Crippen molar-refractivity contribution in [2.24, 2.45) is 22.5 Å². The lowest BCUT2D eigenvalue weighted by Crippen LogP contribution is -2.35. The van der Waals surface area contributed by atoms with Gasteiger partial charge in [0.1, 0.15) is 18.1 Å². The highest BCUT2D eigenvalue weighted by atomic mass is 16.6. The summed E-state index contributed by atoms with van der Waals surface area (Å²) < 4.78 is 11.7. The van der Waals surface area contributed by atoms with Crippen LogP contribution >= 0.6 is 0 Å². The van der Waals surface area contributed by atoms with E-state index in [2.05, 4.69) is 10.1 Å². The van der Waals surface area contributed by atoms with Gasteiger partial charge >= 0.3 is 0 Å². The quantitative estimate of drug-likeness (QED) is 0.183. The lowest BCUT2D eigenvalue weighted by atomic mass is 9.92. The Bertz CT molecular complexity index is 923. The smallest absolute Gasteiger partial charge is 0.248 e. The van der Waals surface area contributed by atoms with Crippen molar-refractivity contribution in [2.75, 3.05) is 39.5 Å². The molecule has 0 unspecified atom stereocenters. The second kappa shape index (κ2) is 14.2. The maximum atomic E-state index is 11.1. The predicted octanol–water partition coefficient (Wildman–Crippen LogP) is 3.78. The fraction of sp³-hybridized carbons (Fsp3) is 0.481. The zero-order valence-electron chi connectivity index (χ0n) is 20.7. The maximum Gasteiger partial charge on any atom is 0.248 e. The first-order chi connectivity index (χ1) is 17.0. The summed E-state index contributed by atoms with van der Waals surface area (Å²) in [5.41, 5.74) is 12.5. The number of amidine groups is 1. The van der Waals surface area contributed by atoms with Gasteiger partial charge in [0, 0.05) is 17.7 Å². The van der Waals surface area contributed by atoms with Crippen LogP contribution in [0.3, 0.4) is 0 Å². The highest BCUT2D eigenvalue weighted by Crippen LogP contribution is 2.22. The van der Waals surface area contributed by atoms with Gasteiger partial charge in [-0.3, -0.25) is 4.79 Å². The summed E-state index contributed by atoms with van der Waals surface area (Å²) >= 11 is 0. The molecule has 1 amide bonds. The molecule has 2 aromatic carbocycles. The number of oxime groups is 1. The van der Waals surface area contributed by atoms with Gasteiger partial charge in [-0.1, -0.05) is 5.16 Å². The van der Waals surface area contributed by atoms with Crippen LogP contribution in [0, 0.1) is 5.92 Å². The molecule has 8 heteroatoms. The van der Waals surface area contributed by atoms with Crippen molar-refractivity contribution in [1.82, 2.24) is 4.90 Å². The van der Waals surface area contributed by atoms with Crippen LogP contribution in [-0.2, 0) is 4.84 Å². The fourth-order valence-electron chi connectivity index (χ4n) is 4.16. The van der Waals surface area contributed by atoms with Gasteiger partial charge in [0.2, 0.25) is 5.91 Å². The van der Waals surface area contributed by atoms with E-state index in [0.717, 1.165) is 62.1 Å². The molecule has 0 radical (unpaired) electrons. The van der Waals surface area contributed by atoms with Crippen LogP contribution in [0.15, 0.2) is 53.7 Å². The van der Waals surface area contributed by atoms with Crippen molar-refractivity contribution in [3.05, 3.63) is 59.7 Å². The third-order valence-corrected chi connectivity index (χ3v) is 6.20. The largest absolute Gasteiger partial charge is 0.494 e. The minimum absolute atomic E-state index is 0.369. The molecule has 0 bridgehead atoms. The molecule has 1 aliphatic heterocycles. The predicted molar refractivity (Wildman–Crippen MR) is 138 cm³/mol. The molecule has 0 aromatic heterocycles. The molecule has 0 spiro atoms. The topological polar surface area (TPSA) is 112 Å². The summed E-state index contributed by atoms with van der Waals surface area (Å²) in [6.07, 6.45) is 5.72. The van der Waals surface area contributed by atoms with Gasteiger partial charge in [-0.05, 0) is 107 Å². The van der Waals surface area contributed by atoms with Gasteiger partial charge in [0.25, 0.3) is 0 Å². The Morgan fingerprint density at radius 1 is 0.914 bits per heavy atom. The third-order valence-electron chi connectivity index (χ3n) is 6.20. The van der Waals surface area contributed by atoms with Crippen molar-refractivity contribution < 1.29 is 19.1 Å². The molecular weight excluding hydrogens is 444 g/mol. The molecule has 1 saturated heterocycles. The number of piperidine rings is 1. The molecule has 0 saturated carbocycles. The summed E-state index contributed by atoms with van der Waals surface area (Å²) in [7, 11) is 0. The number of ether oxygens (including phenoxy) is 2. The van der Waals surface area contributed by atoms with E-state index in [1.807, 2.05) is 31.2 Å². The second-order valence-corrected chi connectivity index (χ2v) is 8.79. The Balaban J connectivity index is 1.23. The van der Waals surface area contributed by atoms with E-state index in [1.54, 1.807) is 24.3 Å². The summed E-state index contributed by atoms with van der Waals surface area (Å²) in [5.74, 6) is 2.33. The van der Waals surface area contributed by atoms with Crippen LogP contribution in [0.5, 0.6) is 11.5 Å². The number of nitrogens with two attached hydrogens (primary N) is 2. The summed E-state index contributed by atoms with van der Waals surface area (Å²) in [6.45, 7) is 7.08. The molecule has 4 N–H and O–H groups in total. The Morgan fingerprint density at radius 2 is 1.49 bits per heavy atom. The lowest BCUT2D eigenvalue weighted by Gasteiger charge is -2.32. The van der Waals surface area contributed by atoms with Crippen molar-refractivity contribution in [3.8, 4) is 11.5 Å². The number of carbonyl (C=O) groups is 1. The third kappa shape index (κ3) is 9.13. The van der Waals surface area contributed by atoms with Crippen molar-refractivity contribution >= 4 is 11.7 Å². The molecule has 1 fully saturated rings. The molecule has 8 nitrogen and oxygen atoms in total. The van der Waals surface area contributed by atoms with Crippen LogP contribution in [0.25, 0.3) is 0 Å². The van der Waals surface area contributed by atoms with E-state index in [9.17, 15) is 4.79 Å². The first kappa shape index (κ1) is 26.3. The zero-order chi connectivity index (χ0) is 24.9. The molecule has 190 valence electrons. The molecule has 3 rings (SSSR count). The van der Waals surface area contributed by atoms with Gasteiger partial charge in [-0.15, -0.1) is 0 Å². The number of primary amides is 1. The summed E-state index contributed by atoms with van der Waals surface area (Å²) in [4.78, 5) is 18.6. The Morgan fingerprint density at radius 3 is 2.06 bits per heavy atom. The van der Waals surface area contributed by atoms with E-state index < -0.39 is 5.91 Å². The van der Waals surface area contributed by atoms with Gasteiger partial charge in [0.15, 0.2) is 5.84 Å². The van der Waals surface area contributed by atoms with E-state index in [1.165, 1.54) is 19.3 Å². The van der Waals surface area contributed by atoms with Crippen LogP contribution in [0.4, 0.5) is 0 Å². The average Bonchev–Trinajstić information content (AvgIpc) is 2.89. The fourth-order valence-corrected chi connectivity index (χ4v) is 4.16. The van der Waals surface area contributed by atoms with E-state index in [0.29, 0.717) is 24.6 Å². The number of benzene rings is 2. The number of nitrogens with zero attached hydrogens (tertiary/aromatic N) is 2. The molecule has 1 heterocycles. The second-order valence-electron chi connectivity index (χ2n) is 8.79. The molecule has 35 heavy (non-hydrogen) atoms. The first-order valence-electron chi connectivity index (χ1n) is 12.5. The normalized spacial score (nSPS) is 15.1. The Labute approximate surface area is 208 Å². The standard InChI is InChI=1S/C27H38N4O4/c1-2-35-30-26(28)22-6-10-24(11-7-22)33-19-3-5-21-14-17-31(18-15-21)16-4-20-34-25-12-8-23(9-13-25)27(29)32/h6-13,21H,2-5,14-20H2,1H3,(H2,28,30)(H2,29,32). The maximum absolute atomic E-state index is 11.1. The van der Waals surface area contributed by atoms with Gasteiger partial charge < -0.3 is 30.7 Å². The minimum Gasteiger partial charge on any atom is -0.494 e. The number of carbonyl (C=O) groups excluding carboxylic acids is 1. The zero-order valence-corrected chi connectivity index (χ0v) is 20.7.